The van der Waals surface area contributed by atoms with Crippen LogP contribution in [-0.2, 0) is 15.8 Å². The summed E-state index contributed by atoms with van der Waals surface area (Å²) in [6.07, 6.45) is -3.87. The molecule has 1 aliphatic rings. The number of urea groups is 1. The SMILES string of the molecule is COc1ccccc1N1C(=O)NC(=O)[C@@H](C=Nc2ccccc2C(F)(F)F)C1=O. The Kier molecular flexibility index (Phi) is 5.35. The number of nitrogens with zero attached hydrogens (tertiary/aromatic N) is 2. The number of aliphatic imine (C=N–C) groups is 1. The zero-order valence-electron chi connectivity index (χ0n) is 14.9. The molecule has 0 aliphatic carbocycles. The predicted molar refractivity (Wildman–Crippen MR) is 97.1 cm³/mol. The Hall–Kier alpha value is -3.69. The van der Waals surface area contributed by atoms with Gasteiger partial charge >= 0.3 is 12.2 Å². The van der Waals surface area contributed by atoms with Crippen molar-refractivity contribution in [2.24, 2.45) is 10.9 Å². The number of barbiturate groups is 1. The lowest BCUT2D eigenvalue weighted by Crippen LogP contribution is -2.58. The van der Waals surface area contributed by atoms with E-state index in [2.05, 4.69) is 4.99 Å². The molecule has 0 aromatic heterocycles. The number of carbonyl (C=O) groups is 3. The summed E-state index contributed by atoms with van der Waals surface area (Å²) in [6.45, 7) is 0. The topological polar surface area (TPSA) is 88.1 Å². The van der Waals surface area contributed by atoms with Crippen LogP contribution in [0, 0.1) is 5.92 Å². The number of imide groups is 2. The maximum Gasteiger partial charge on any atom is 0.418 e. The second kappa shape index (κ2) is 7.74. The Morgan fingerprint density at radius 2 is 1.72 bits per heavy atom. The number of anilines is 1. The lowest BCUT2D eigenvalue weighted by Gasteiger charge is -2.29. The number of hydrogen-bond acceptors (Lipinski definition) is 5. The van der Waals surface area contributed by atoms with Gasteiger partial charge in [0.15, 0.2) is 5.92 Å². The van der Waals surface area contributed by atoms with Crippen LogP contribution in [0.15, 0.2) is 53.5 Å². The third-order valence-corrected chi connectivity index (χ3v) is 4.10. The fourth-order valence-corrected chi connectivity index (χ4v) is 2.75. The standard InChI is InChI=1S/C19H14F3N3O4/c1-29-15-9-5-4-8-14(15)25-17(27)11(16(26)24-18(25)28)10-23-13-7-3-2-6-12(13)19(20,21)22/h2-11H,1H3,(H,24,26,28)/t11-/m1/s1. The molecule has 10 heteroatoms. The van der Waals surface area contributed by atoms with Crippen molar-refractivity contribution >= 4 is 35.4 Å². The second-order valence-electron chi connectivity index (χ2n) is 5.91. The van der Waals surface area contributed by atoms with E-state index in [9.17, 15) is 27.6 Å². The molecule has 2 aromatic carbocycles. The Morgan fingerprint density at radius 1 is 1.07 bits per heavy atom. The van der Waals surface area contributed by atoms with Gasteiger partial charge in [0.05, 0.1) is 24.0 Å². The zero-order valence-corrected chi connectivity index (χ0v) is 14.9. The average Bonchev–Trinajstić information content (AvgIpc) is 2.67. The van der Waals surface area contributed by atoms with Crippen molar-refractivity contribution in [1.82, 2.24) is 5.32 Å². The zero-order chi connectivity index (χ0) is 21.2. The minimum Gasteiger partial charge on any atom is -0.495 e. The van der Waals surface area contributed by atoms with Crippen LogP contribution < -0.4 is 15.0 Å². The number of methoxy groups -OCH3 is 1. The minimum atomic E-state index is -4.66. The van der Waals surface area contributed by atoms with Crippen molar-refractivity contribution in [2.75, 3.05) is 12.0 Å². The van der Waals surface area contributed by atoms with Crippen LogP contribution in [0.5, 0.6) is 5.75 Å². The number of halogens is 3. The lowest BCUT2D eigenvalue weighted by atomic mass is 10.1. The number of rotatable bonds is 4. The molecule has 0 radical (unpaired) electrons. The quantitative estimate of drug-likeness (QED) is 0.625. The van der Waals surface area contributed by atoms with E-state index in [-0.39, 0.29) is 11.4 Å². The maximum atomic E-state index is 13.1. The first-order valence-corrected chi connectivity index (χ1v) is 8.26. The molecule has 3 rings (SSSR count). The Morgan fingerprint density at radius 3 is 2.41 bits per heavy atom. The Balaban J connectivity index is 1.96. The van der Waals surface area contributed by atoms with Crippen LogP contribution >= 0.6 is 0 Å². The molecule has 1 atom stereocenters. The van der Waals surface area contributed by atoms with Crippen molar-refractivity contribution in [3.05, 3.63) is 54.1 Å². The summed E-state index contributed by atoms with van der Waals surface area (Å²) in [5, 5.41) is 2.00. The van der Waals surface area contributed by atoms with Gasteiger partial charge in [0.1, 0.15) is 5.75 Å². The first-order chi connectivity index (χ1) is 13.7. The van der Waals surface area contributed by atoms with Gasteiger partial charge in [-0.3, -0.25) is 19.9 Å². The van der Waals surface area contributed by atoms with Crippen molar-refractivity contribution in [3.63, 3.8) is 0 Å². The van der Waals surface area contributed by atoms with Gasteiger partial charge < -0.3 is 4.74 Å². The van der Waals surface area contributed by atoms with E-state index < -0.39 is 41.2 Å². The van der Waals surface area contributed by atoms with Crippen LogP contribution in [0.3, 0.4) is 0 Å². The van der Waals surface area contributed by atoms with Gasteiger partial charge in [0.25, 0.3) is 5.91 Å². The van der Waals surface area contributed by atoms with Gasteiger partial charge in [0, 0.05) is 6.21 Å². The predicted octanol–water partition coefficient (Wildman–Crippen LogP) is 3.32. The first-order valence-electron chi connectivity index (χ1n) is 8.26. The van der Waals surface area contributed by atoms with E-state index in [0.29, 0.717) is 4.90 Å². The number of alkyl halides is 3. The molecule has 1 N–H and O–H groups in total. The van der Waals surface area contributed by atoms with Gasteiger partial charge in [-0.1, -0.05) is 24.3 Å². The van der Waals surface area contributed by atoms with Crippen molar-refractivity contribution in [3.8, 4) is 5.75 Å². The molecule has 0 saturated carbocycles. The highest BCUT2D eigenvalue weighted by Crippen LogP contribution is 2.36. The highest BCUT2D eigenvalue weighted by molar-refractivity contribution is 6.33. The lowest BCUT2D eigenvalue weighted by molar-refractivity contribution is -0.137. The molecule has 1 heterocycles. The molecule has 1 aliphatic heterocycles. The highest BCUT2D eigenvalue weighted by atomic mass is 19.4. The molecule has 0 unspecified atom stereocenters. The number of para-hydroxylation sites is 3. The number of hydrogen-bond donors (Lipinski definition) is 1. The van der Waals surface area contributed by atoms with Gasteiger partial charge in [-0.2, -0.15) is 13.2 Å². The largest absolute Gasteiger partial charge is 0.495 e. The van der Waals surface area contributed by atoms with E-state index in [1.54, 1.807) is 12.1 Å². The summed E-state index contributed by atoms with van der Waals surface area (Å²) >= 11 is 0. The van der Waals surface area contributed by atoms with Crippen molar-refractivity contribution in [1.29, 1.82) is 0 Å². The van der Waals surface area contributed by atoms with Crippen LogP contribution in [-0.4, -0.2) is 31.2 Å². The van der Waals surface area contributed by atoms with Gasteiger partial charge in [-0.05, 0) is 24.3 Å². The summed E-state index contributed by atoms with van der Waals surface area (Å²) in [6, 6.07) is 9.59. The Labute approximate surface area is 162 Å². The van der Waals surface area contributed by atoms with E-state index in [4.69, 9.17) is 4.74 Å². The maximum absolute atomic E-state index is 13.1. The second-order valence-corrected chi connectivity index (χ2v) is 5.91. The molecule has 0 spiro atoms. The van der Waals surface area contributed by atoms with Crippen LogP contribution in [0.4, 0.5) is 29.3 Å². The molecule has 0 bridgehead atoms. The Bertz CT molecular complexity index is 1000. The van der Waals surface area contributed by atoms with Crippen molar-refractivity contribution in [2.45, 2.75) is 6.18 Å². The number of carbonyl (C=O) groups excluding carboxylic acids is 3. The summed E-state index contributed by atoms with van der Waals surface area (Å²) in [5.41, 5.74) is -1.39. The van der Waals surface area contributed by atoms with E-state index in [1.165, 1.54) is 31.4 Å². The fourth-order valence-electron chi connectivity index (χ4n) is 2.75. The summed E-state index contributed by atoms with van der Waals surface area (Å²) in [5.74, 6) is -3.35. The van der Waals surface area contributed by atoms with E-state index >= 15 is 0 Å². The van der Waals surface area contributed by atoms with E-state index in [1.807, 2.05) is 5.32 Å². The normalized spacial score (nSPS) is 17.6. The molecule has 7 nitrogen and oxygen atoms in total. The molecular formula is C19H14F3N3O4. The molecule has 150 valence electrons. The molecule has 1 saturated heterocycles. The molecule has 29 heavy (non-hydrogen) atoms. The molecule has 2 aromatic rings. The third kappa shape index (κ3) is 3.96. The minimum absolute atomic E-state index is 0.0825. The van der Waals surface area contributed by atoms with Gasteiger partial charge in [-0.25, -0.2) is 9.69 Å². The van der Waals surface area contributed by atoms with Crippen molar-refractivity contribution < 1.29 is 32.3 Å². The van der Waals surface area contributed by atoms with Gasteiger partial charge in [-0.15, -0.1) is 0 Å². The first kappa shape index (κ1) is 20.1. The number of nitrogens with one attached hydrogen (secondary N) is 1. The van der Waals surface area contributed by atoms with Crippen LogP contribution in [0.25, 0.3) is 0 Å². The number of ether oxygens (including phenoxy) is 1. The summed E-state index contributed by atoms with van der Waals surface area (Å²) < 4.78 is 44.4. The van der Waals surface area contributed by atoms with Crippen LogP contribution in [0.2, 0.25) is 0 Å². The summed E-state index contributed by atoms with van der Waals surface area (Å²) in [7, 11) is 1.34. The fraction of sp³-hybridized carbons (Fsp3) is 0.158. The molecule has 4 amide bonds. The molecular weight excluding hydrogens is 391 g/mol. The number of benzene rings is 2. The smallest absolute Gasteiger partial charge is 0.418 e. The summed E-state index contributed by atoms with van der Waals surface area (Å²) in [4.78, 5) is 41.5. The third-order valence-electron chi connectivity index (χ3n) is 4.10. The van der Waals surface area contributed by atoms with E-state index in [0.717, 1.165) is 18.3 Å². The molecule has 1 fully saturated rings. The average molecular weight is 405 g/mol. The van der Waals surface area contributed by atoms with Gasteiger partial charge in [0.2, 0.25) is 5.91 Å². The van der Waals surface area contributed by atoms with Crippen LogP contribution in [0.1, 0.15) is 5.56 Å². The highest BCUT2D eigenvalue weighted by Gasteiger charge is 2.41. The monoisotopic (exact) mass is 405 g/mol. The number of amides is 4.